The van der Waals surface area contributed by atoms with Gasteiger partial charge in [-0.15, -0.1) is 11.3 Å². The van der Waals surface area contributed by atoms with E-state index in [1.54, 1.807) is 11.3 Å². The molecule has 2 aromatic heterocycles. The molecule has 0 saturated heterocycles. The van der Waals surface area contributed by atoms with Crippen molar-refractivity contribution in [2.24, 2.45) is 0 Å². The average Bonchev–Trinajstić information content (AvgIpc) is 2.90. The van der Waals surface area contributed by atoms with Crippen LogP contribution in [0, 0.1) is 0 Å². The van der Waals surface area contributed by atoms with Gasteiger partial charge in [0.1, 0.15) is 0 Å². The lowest BCUT2D eigenvalue weighted by Crippen LogP contribution is -2.16. The molecule has 1 atom stereocenters. The van der Waals surface area contributed by atoms with E-state index < -0.39 is 0 Å². The molecule has 1 unspecified atom stereocenters. The zero-order valence-corrected chi connectivity index (χ0v) is 10.8. The van der Waals surface area contributed by atoms with Crippen molar-refractivity contribution >= 4 is 22.9 Å². The molecule has 0 aliphatic heterocycles. The molecule has 2 rings (SSSR count). The van der Waals surface area contributed by atoms with Crippen molar-refractivity contribution in [2.45, 2.75) is 19.5 Å². The summed E-state index contributed by atoms with van der Waals surface area (Å²) in [5.41, 5.74) is 1.15. The van der Waals surface area contributed by atoms with Crippen LogP contribution in [-0.2, 0) is 6.54 Å². The van der Waals surface area contributed by atoms with Crippen LogP contribution in [0.2, 0.25) is 5.02 Å². The van der Waals surface area contributed by atoms with Gasteiger partial charge >= 0.3 is 0 Å². The highest BCUT2D eigenvalue weighted by molar-refractivity contribution is 7.10. The van der Waals surface area contributed by atoms with E-state index in [1.807, 2.05) is 29.4 Å². The molecule has 1 N–H and O–H groups in total. The van der Waals surface area contributed by atoms with Gasteiger partial charge in [-0.2, -0.15) is 5.10 Å². The minimum Gasteiger partial charge on any atom is -0.309 e. The number of aromatic nitrogens is 2. The summed E-state index contributed by atoms with van der Waals surface area (Å²) in [6.45, 7) is 2.96. The lowest BCUT2D eigenvalue weighted by atomic mass is 10.1. The van der Waals surface area contributed by atoms with Crippen LogP contribution >= 0.6 is 22.9 Å². The molecule has 3 nitrogen and oxygen atoms in total. The standard InChI is InChI=1S/C11H14ClN3S/c1-3-15-7-8(6-14-15)10(13-2)11-9(12)4-5-16-11/h4-7,10,13H,3H2,1-2H3. The molecule has 0 fully saturated rings. The molecular formula is C11H14ClN3S. The van der Waals surface area contributed by atoms with E-state index in [0.717, 1.165) is 22.0 Å². The second kappa shape index (κ2) is 4.99. The average molecular weight is 256 g/mol. The highest BCUT2D eigenvalue weighted by Gasteiger charge is 2.17. The van der Waals surface area contributed by atoms with Crippen LogP contribution < -0.4 is 5.32 Å². The summed E-state index contributed by atoms with van der Waals surface area (Å²) in [4.78, 5) is 1.14. The van der Waals surface area contributed by atoms with E-state index in [0.29, 0.717) is 0 Å². The van der Waals surface area contributed by atoms with Crippen molar-refractivity contribution in [2.75, 3.05) is 7.05 Å². The Labute approximate surface area is 104 Å². The lowest BCUT2D eigenvalue weighted by molar-refractivity contribution is 0.655. The third-order valence-electron chi connectivity index (χ3n) is 2.51. The Morgan fingerprint density at radius 2 is 2.44 bits per heavy atom. The van der Waals surface area contributed by atoms with Gasteiger partial charge in [-0.05, 0) is 25.4 Å². The minimum absolute atomic E-state index is 0.132. The fourth-order valence-corrected chi connectivity index (χ4v) is 2.96. The van der Waals surface area contributed by atoms with Crippen LogP contribution in [0.1, 0.15) is 23.4 Å². The Bertz CT molecular complexity index is 463. The van der Waals surface area contributed by atoms with Gasteiger partial charge in [0.05, 0.1) is 17.3 Å². The minimum atomic E-state index is 0.132. The summed E-state index contributed by atoms with van der Waals surface area (Å²) in [5, 5.41) is 10.4. The molecule has 0 aliphatic rings. The van der Waals surface area contributed by atoms with Gasteiger partial charge in [0.25, 0.3) is 0 Å². The van der Waals surface area contributed by atoms with E-state index in [9.17, 15) is 0 Å². The van der Waals surface area contributed by atoms with Gasteiger partial charge in [-0.3, -0.25) is 4.68 Å². The van der Waals surface area contributed by atoms with E-state index in [1.165, 1.54) is 0 Å². The summed E-state index contributed by atoms with van der Waals surface area (Å²) < 4.78 is 1.92. The first-order chi connectivity index (χ1) is 7.76. The summed E-state index contributed by atoms with van der Waals surface area (Å²) in [6.07, 6.45) is 3.94. The monoisotopic (exact) mass is 255 g/mol. The Morgan fingerprint density at radius 3 is 2.94 bits per heavy atom. The molecule has 16 heavy (non-hydrogen) atoms. The Morgan fingerprint density at radius 1 is 1.62 bits per heavy atom. The SMILES string of the molecule is CCn1cc(C(NC)c2sccc2Cl)cn1. The Kier molecular flexibility index (Phi) is 3.63. The second-order valence-electron chi connectivity index (χ2n) is 3.48. The van der Waals surface area contributed by atoms with E-state index in [-0.39, 0.29) is 6.04 Å². The van der Waals surface area contributed by atoms with Gasteiger partial charge in [-0.25, -0.2) is 0 Å². The van der Waals surface area contributed by atoms with Gasteiger partial charge in [0.2, 0.25) is 0 Å². The van der Waals surface area contributed by atoms with Crippen LogP contribution in [0.4, 0.5) is 0 Å². The molecule has 0 saturated carbocycles. The maximum absolute atomic E-state index is 6.15. The highest BCUT2D eigenvalue weighted by Crippen LogP contribution is 2.32. The smallest absolute Gasteiger partial charge is 0.0714 e. The first kappa shape index (κ1) is 11.6. The fraction of sp³-hybridized carbons (Fsp3) is 0.364. The molecule has 0 amide bonds. The third kappa shape index (κ3) is 2.14. The van der Waals surface area contributed by atoms with Crippen LogP contribution in [0.15, 0.2) is 23.8 Å². The zero-order chi connectivity index (χ0) is 11.5. The van der Waals surface area contributed by atoms with E-state index in [4.69, 9.17) is 11.6 Å². The van der Waals surface area contributed by atoms with Crippen LogP contribution in [-0.4, -0.2) is 16.8 Å². The number of hydrogen-bond acceptors (Lipinski definition) is 3. The van der Waals surface area contributed by atoms with Crippen molar-refractivity contribution < 1.29 is 0 Å². The zero-order valence-electron chi connectivity index (χ0n) is 9.27. The van der Waals surface area contributed by atoms with Crippen molar-refractivity contribution in [3.8, 4) is 0 Å². The van der Waals surface area contributed by atoms with Crippen LogP contribution in [0.25, 0.3) is 0 Å². The maximum atomic E-state index is 6.15. The van der Waals surface area contributed by atoms with Crippen molar-refractivity contribution in [3.05, 3.63) is 39.3 Å². The third-order valence-corrected chi connectivity index (χ3v) is 3.93. The molecule has 86 valence electrons. The molecule has 0 spiro atoms. The van der Waals surface area contributed by atoms with Crippen molar-refractivity contribution in [3.63, 3.8) is 0 Å². The molecule has 2 aromatic rings. The normalized spacial score (nSPS) is 12.9. The highest BCUT2D eigenvalue weighted by atomic mass is 35.5. The van der Waals surface area contributed by atoms with Crippen molar-refractivity contribution in [1.82, 2.24) is 15.1 Å². The topological polar surface area (TPSA) is 29.9 Å². The summed E-state index contributed by atoms with van der Waals surface area (Å²) in [6, 6.07) is 2.06. The van der Waals surface area contributed by atoms with Gasteiger partial charge in [-0.1, -0.05) is 11.6 Å². The Balaban J connectivity index is 2.32. The number of hydrogen-bond donors (Lipinski definition) is 1. The molecule has 0 aromatic carbocycles. The number of rotatable bonds is 4. The first-order valence-corrected chi connectivity index (χ1v) is 6.44. The quantitative estimate of drug-likeness (QED) is 0.911. The largest absolute Gasteiger partial charge is 0.309 e. The molecule has 0 bridgehead atoms. The summed E-state index contributed by atoms with van der Waals surface area (Å²) in [7, 11) is 1.93. The van der Waals surface area contributed by atoms with E-state index >= 15 is 0 Å². The van der Waals surface area contributed by atoms with Crippen LogP contribution in [0.3, 0.4) is 0 Å². The molecule has 0 radical (unpaired) electrons. The summed E-state index contributed by atoms with van der Waals surface area (Å²) in [5.74, 6) is 0. The Hall–Kier alpha value is -0.840. The number of nitrogens with zero attached hydrogens (tertiary/aromatic N) is 2. The first-order valence-electron chi connectivity index (χ1n) is 5.18. The molecule has 2 heterocycles. The number of halogens is 1. The van der Waals surface area contributed by atoms with Gasteiger partial charge in [0, 0.05) is 23.2 Å². The number of nitrogens with one attached hydrogen (secondary N) is 1. The predicted molar refractivity (Wildman–Crippen MR) is 68.1 cm³/mol. The number of thiophene rings is 1. The lowest BCUT2D eigenvalue weighted by Gasteiger charge is -2.12. The second-order valence-corrected chi connectivity index (χ2v) is 4.84. The predicted octanol–water partition coefficient (Wildman–Crippen LogP) is 2.93. The fourth-order valence-electron chi connectivity index (χ4n) is 1.66. The van der Waals surface area contributed by atoms with E-state index in [2.05, 4.69) is 23.5 Å². The maximum Gasteiger partial charge on any atom is 0.0714 e. The van der Waals surface area contributed by atoms with Crippen molar-refractivity contribution in [1.29, 1.82) is 0 Å². The van der Waals surface area contributed by atoms with Crippen LogP contribution in [0.5, 0.6) is 0 Å². The molecule has 5 heteroatoms. The van der Waals surface area contributed by atoms with Gasteiger partial charge < -0.3 is 5.32 Å². The summed E-state index contributed by atoms with van der Waals surface area (Å²) >= 11 is 7.81. The van der Waals surface area contributed by atoms with Gasteiger partial charge in [0.15, 0.2) is 0 Å². The molecule has 0 aliphatic carbocycles. The number of aryl methyl sites for hydroxylation is 1. The molecular weight excluding hydrogens is 242 g/mol.